The number of benzene rings is 1. The molecule has 0 aliphatic heterocycles. The van der Waals surface area contributed by atoms with Gasteiger partial charge in [0.25, 0.3) is 0 Å². The van der Waals surface area contributed by atoms with Crippen molar-refractivity contribution < 1.29 is 44.3 Å². The molecule has 0 aromatic heterocycles. The Kier molecular flexibility index (Phi) is 8.72. The quantitative estimate of drug-likeness (QED) is 0.582. The van der Waals surface area contributed by atoms with E-state index in [9.17, 15) is 14.7 Å². The van der Waals surface area contributed by atoms with Crippen LogP contribution in [-0.4, -0.2) is 17.9 Å². The molecule has 1 unspecified atom stereocenters. The third-order valence-electron chi connectivity index (χ3n) is 2.94. The van der Waals surface area contributed by atoms with Gasteiger partial charge in [0.1, 0.15) is 0 Å². The molecule has 4 nitrogen and oxygen atoms in total. The van der Waals surface area contributed by atoms with Crippen molar-refractivity contribution in [2.45, 2.75) is 32.7 Å². The average molecular weight is 271 g/mol. The van der Waals surface area contributed by atoms with Crippen molar-refractivity contribution in [1.29, 1.82) is 0 Å². The van der Waals surface area contributed by atoms with E-state index in [0.717, 1.165) is 5.56 Å². The van der Waals surface area contributed by atoms with Crippen LogP contribution in [0.1, 0.15) is 25.8 Å². The van der Waals surface area contributed by atoms with Crippen LogP contribution in [0.3, 0.4) is 0 Å². The van der Waals surface area contributed by atoms with E-state index in [0.29, 0.717) is 6.42 Å². The van der Waals surface area contributed by atoms with E-state index in [1.165, 1.54) is 0 Å². The Morgan fingerprint density at radius 2 is 1.84 bits per heavy atom. The van der Waals surface area contributed by atoms with Gasteiger partial charge in [-0.1, -0.05) is 44.2 Å². The molecule has 19 heavy (non-hydrogen) atoms. The summed E-state index contributed by atoms with van der Waals surface area (Å²) >= 11 is 0. The van der Waals surface area contributed by atoms with Gasteiger partial charge in [0.05, 0.1) is 12.0 Å². The summed E-state index contributed by atoms with van der Waals surface area (Å²) < 4.78 is 0. The van der Waals surface area contributed by atoms with Crippen LogP contribution in [-0.2, 0) is 16.0 Å². The van der Waals surface area contributed by atoms with E-state index >= 15 is 0 Å². The Balaban J connectivity index is 0.00000324. The smallest absolute Gasteiger partial charge is 0.548 e. The number of carboxylic acid groups (broad SMARTS) is 1. The van der Waals surface area contributed by atoms with Crippen LogP contribution in [0.25, 0.3) is 0 Å². The van der Waals surface area contributed by atoms with E-state index in [4.69, 9.17) is 0 Å². The fraction of sp³-hybridized carbons (Fsp3) is 0.429. The average Bonchev–Trinajstić information content (AvgIpc) is 2.37. The third-order valence-corrected chi connectivity index (χ3v) is 2.94. The number of rotatable bonds is 6. The maximum Gasteiger partial charge on any atom is 1.00 e. The zero-order valence-corrected chi connectivity index (χ0v) is 13.7. The molecule has 0 heterocycles. The largest absolute Gasteiger partial charge is 1.00 e. The van der Waals surface area contributed by atoms with Gasteiger partial charge in [-0.15, -0.1) is 0 Å². The topological polar surface area (TPSA) is 69.2 Å². The van der Waals surface area contributed by atoms with Gasteiger partial charge in [-0.05, 0) is 18.4 Å². The summed E-state index contributed by atoms with van der Waals surface area (Å²) in [6, 6.07) is 8.19. The Labute approximate surface area is 135 Å². The molecule has 0 spiro atoms. The molecule has 0 aliphatic rings. The van der Waals surface area contributed by atoms with Crippen molar-refractivity contribution >= 4 is 11.9 Å². The normalized spacial score (nSPS) is 12.9. The van der Waals surface area contributed by atoms with Gasteiger partial charge in [-0.3, -0.25) is 4.79 Å². The van der Waals surface area contributed by atoms with Gasteiger partial charge < -0.3 is 15.2 Å². The molecule has 0 bridgehead atoms. The summed E-state index contributed by atoms with van der Waals surface area (Å²) in [5.41, 5.74) is 0.858. The van der Waals surface area contributed by atoms with Crippen molar-refractivity contribution in [1.82, 2.24) is 5.32 Å². The zero-order valence-electron chi connectivity index (χ0n) is 11.7. The number of carboxylic acids is 1. The molecule has 0 aliphatic carbocycles. The zero-order chi connectivity index (χ0) is 13.5. The van der Waals surface area contributed by atoms with Crippen molar-refractivity contribution in [2.75, 3.05) is 0 Å². The van der Waals surface area contributed by atoms with Crippen LogP contribution in [0.5, 0.6) is 0 Å². The Hall–Kier alpha value is -0.840. The van der Waals surface area contributed by atoms with Crippen LogP contribution in [0.4, 0.5) is 0 Å². The van der Waals surface area contributed by atoms with Gasteiger partial charge in [-0.2, -0.15) is 0 Å². The van der Waals surface area contributed by atoms with Gasteiger partial charge in [0.15, 0.2) is 0 Å². The van der Waals surface area contributed by atoms with E-state index in [1.54, 1.807) is 6.92 Å². The first-order chi connectivity index (χ1) is 8.54. The maximum absolute atomic E-state index is 11.7. The van der Waals surface area contributed by atoms with Crippen LogP contribution in [0.2, 0.25) is 0 Å². The first-order valence-corrected chi connectivity index (χ1v) is 6.09. The molecule has 5 heteroatoms. The molecule has 1 N–H and O–H groups in total. The van der Waals surface area contributed by atoms with Crippen LogP contribution >= 0.6 is 0 Å². The fourth-order valence-electron chi connectivity index (χ4n) is 1.54. The number of carbonyl (C=O) groups is 2. The predicted molar refractivity (Wildman–Crippen MR) is 66.5 cm³/mol. The van der Waals surface area contributed by atoms with E-state index < -0.39 is 12.0 Å². The van der Waals surface area contributed by atoms with Crippen molar-refractivity contribution in [3.05, 3.63) is 35.9 Å². The third kappa shape index (κ3) is 6.23. The molecule has 1 rings (SSSR count). The predicted octanol–water partition coefficient (Wildman–Crippen LogP) is -2.49. The van der Waals surface area contributed by atoms with Gasteiger partial charge in [0, 0.05) is 5.92 Å². The van der Waals surface area contributed by atoms with Gasteiger partial charge >= 0.3 is 29.6 Å². The molecule has 0 saturated heterocycles. The van der Waals surface area contributed by atoms with E-state index in [1.807, 2.05) is 37.3 Å². The second-order valence-electron chi connectivity index (χ2n) is 4.38. The minimum absolute atomic E-state index is 0. The second kappa shape index (κ2) is 9.13. The molecule has 98 valence electrons. The number of hydrogen-bond donors (Lipinski definition) is 1. The van der Waals surface area contributed by atoms with E-state index in [2.05, 4.69) is 5.32 Å². The van der Waals surface area contributed by atoms with Crippen LogP contribution in [0, 0.1) is 5.92 Å². The molecule has 1 amide bonds. The van der Waals surface area contributed by atoms with Crippen molar-refractivity contribution in [2.24, 2.45) is 5.92 Å². The SMILES string of the molecule is CCC(C)C(=O)N[C@H](Cc1ccccc1)C(=O)[O-].[Na+]. The van der Waals surface area contributed by atoms with Crippen LogP contribution < -0.4 is 40.0 Å². The minimum atomic E-state index is -1.25. The maximum atomic E-state index is 11.7. The molecule has 0 radical (unpaired) electrons. The summed E-state index contributed by atoms with van der Waals surface area (Å²) in [5, 5.41) is 13.5. The molecule has 1 aromatic carbocycles. The Morgan fingerprint density at radius 1 is 1.26 bits per heavy atom. The Bertz CT molecular complexity index is 408. The minimum Gasteiger partial charge on any atom is -0.548 e. The van der Waals surface area contributed by atoms with Crippen molar-refractivity contribution in [3.8, 4) is 0 Å². The number of nitrogens with one attached hydrogen (secondary N) is 1. The number of amides is 1. The monoisotopic (exact) mass is 271 g/mol. The fourth-order valence-corrected chi connectivity index (χ4v) is 1.54. The molecule has 2 atom stereocenters. The molecular weight excluding hydrogens is 253 g/mol. The second-order valence-corrected chi connectivity index (χ2v) is 4.38. The van der Waals surface area contributed by atoms with Crippen molar-refractivity contribution in [3.63, 3.8) is 0 Å². The molecule has 0 fully saturated rings. The first-order valence-electron chi connectivity index (χ1n) is 6.09. The number of hydrogen-bond acceptors (Lipinski definition) is 3. The summed E-state index contributed by atoms with van der Waals surface area (Å²) in [5.74, 6) is -1.69. The van der Waals surface area contributed by atoms with E-state index in [-0.39, 0.29) is 47.8 Å². The number of carbonyl (C=O) groups excluding carboxylic acids is 2. The van der Waals surface area contributed by atoms with Crippen LogP contribution in [0.15, 0.2) is 30.3 Å². The Morgan fingerprint density at radius 3 is 2.32 bits per heavy atom. The standard InChI is InChI=1S/C14H19NO3.Na/c1-3-10(2)13(16)15-12(14(17)18)9-11-7-5-4-6-8-11;/h4-8,10,12H,3,9H2,1-2H3,(H,15,16)(H,17,18);/q;+1/p-1/t10?,12-;/m1./s1. The summed E-state index contributed by atoms with van der Waals surface area (Å²) in [4.78, 5) is 22.7. The molecule has 1 aromatic rings. The summed E-state index contributed by atoms with van der Waals surface area (Å²) in [6.45, 7) is 3.65. The number of aliphatic carboxylic acids is 1. The molecular formula is C14H18NNaO3. The molecule has 0 saturated carbocycles. The summed E-state index contributed by atoms with van der Waals surface area (Å²) in [7, 11) is 0. The first kappa shape index (κ1) is 18.2. The van der Waals surface area contributed by atoms with Gasteiger partial charge in [0.2, 0.25) is 5.91 Å². The van der Waals surface area contributed by atoms with Gasteiger partial charge in [-0.25, -0.2) is 0 Å². The summed E-state index contributed by atoms with van der Waals surface area (Å²) in [6.07, 6.45) is 0.919.